The van der Waals surface area contributed by atoms with Crippen molar-refractivity contribution in [2.45, 2.75) is 10.9 Å². The van der Waals surface area contributed by atoms with Crippen molar-refractivity contribution in [1.29, 1.82) is 0 Å². The van der Waals surface area contributed by atoms with Crippen LogP contribution in [0.4, 0.5) is 5.69 Å². The first-order valence-electron chi connectivity index (χ1n) is 9.39. The van der Waals surface area contributed by atoms with E-state index in [1.54, 1.807) is 6.07 Å². The molecule has 1 amide bonds. The fourth-order valence-corrected chi connectivity index (χ4v) is 4.57. The second-order valence-electron chi connectivity index (χ2n) is 6.92. The van der Waals surface area contributed by atoms with Crippen molar-refractivity contribution < 1.29 is 9.72 Å². The predicted octanol–water partition coefficient (Wildman–Crippen LogP) is 4.34. The van der Waals surface area contributed by atoms with E-state index >= 15 is 0 Å². The number of fused-ring (bicyclic) bond motifs is 5. The number of hydrogen-bond donors (Lipinski definition) is 1. The average molecular weight is 429 g/mol. The summed E-state index contributed by atoms with van der Waals surface area (Å²) in [7, 11) is 0. The van der Waals surface area contributed by atoms with E-state index < -0.39 is 10.8 Å². The zero-order chi connectivity index (χ0) is 21.5. The van der Waals surface area contributed by atoms with E-state index in [0.717, 1.165) is 27.6 Å². The molecule has 0 radical (unpaired) electrons. The van der Waals surface area contributed by atoms with Gasteiger partial charge in [-0.25, -0.2) is 9.97 Å². The molecule has 0 fully saturated rings. The summed E-state index contributed by atoms with van der Waals surface area (Å²) < 4.78 is 1.98. The molecular formula is C22H15N5O3S. The molecule has 0 spiro atoms. The maximum absolute atomic E-state index is 11.5. The van der Waals surface area contributed by atoms with Crippen LogP contribution in [0.25, 0.3) is 27.6 Å². The maximum atomic E-state index is 11.5. The molecule has 0 bridgehead atoms. The Hall–Kier alpha value is -3.98. The first-order chi connectivity index (χ1) is 15.0. The molecule has 2 N–H and O–H groups in total. The normalized spacial score (nSPS) is 11.4. The fraction of sp³-hybridized carbons (Fsp3) is 0.0455. The summed E-state index contributed by atoms with van der Waals surface area (Å²) in [6.07, 6.45) is 0. The van der Waals surface area contributed by atoms with Crippen molar-refractivity contribution in [3.8, 4) is 0 Å². The lowest BCUT2D eigenvalue weighted by molar-refractivity contribution is -0.385. The molecule has 0 saturated carbocycles. The van der Waals surface area contributed by atoms with E-state index in [9.17, 15) is 14.9 Å². The molecule has 0 unspecified atom stereocenters. The topological polar surface area (TPSA) is 116 Å². The third kappa shape index (κ3) is 3.24. The van der Waals surface area contributed by atoms with Crippen LogP contribution in [0.3, 0.4) is 0 Å². The molecule has 0 aliphatic rings. The highest BCUT2D eigenvalue weighted by molar-refractivity contribution is 7.98. The molecule has 9 heteroatoms. The van der Waals surface area contributed by atoms with Crippen LogP contribution in [-0.4, -0.2) is 25.2 Å². The van der Waals surface area contributed by atoms with Gasteiger partial charge in [0, 0.05) is 28.3 Å². The number of nitrogens with zero attached hydrogens (tertiary/aromatic N) is 4. The van der Waals surface area contributed by atoms with Crippen LogP contribution in [0.15, 0.2) is 71.9 Å². The molecule has 5 aromatic rings. The SMILES string of the molecule is NC(=O)c1ccc(CSc2nc3ccccc3c3nc4ccccc4n23)c([N+](=O)[O-])c1. The Morgan fingerprint density at radius 2 is 1.77 bits per heavy atom. The molecule has 5 rings (SSSR count). The van der Waals surface area contributed by atoms with Crippen LogP contribution in [0, 0.1) is 10.1 Å². The third-order valence-corrected chi connectivity index (χ3v) is 6.02. The number of rotatable bonds is 5. The van der Waals surface area contributed by atoms with Crippen molar-refractivity contribution in [3.05, 3.63) is 88.0 Å². The highest BCUT2D eigenvalue weighted by Crippen LogP contribution is 2.32. The predicted molar refractivity (Wildman–Crippen MR) is 119 cm³/mol. The Kier molecular flexibility index (Phi) is 4.52. The number of thioether (sulfide) groups is 1. The standard InChI is InChI=1S/C22H15N5O3S/c23-20(28)13-9-10-14(19(11-13)27(29)30)12-31-22-25-16-6-2-1-5-15(16)21-24-17-7-3-4-8-18(17)26(21)22/h1-11H,12H2,(H2,23,28). The van der Waals surface area contributed by atoms with Gasteiger partial charge in [0.2, 0.25) is 5.91 Å². The van der Waals surface area contributed by atoms with Crippen LogP contribution in [-0.2, 0) is 5.75 Å². The molecule has 0 atom stereocenters. The van der Waals surface area contributed by atoms with Crippen molar-refractivity contribution >= 4 is 50.9 Å². The number of hydrogen-bond acceptors (Lipinski definition) is 6. The number of nitro groups is 1. The lowest BCUT2D eigenvalue weighted by Gasteiger charge is -2.09. The summed E-state index contributed by atoms with van der Waals surface area (Å²) in [5.41, 5.74) is 9.05. The van der Waals surface area contributed by atoms with Crippen LogP contribution in [0.1, 0.15) is 15.9 Å². The van der Waals surface area contributed by atoms with Gasteiger partial charge in [0.15, 0.2) is 5.16 Å². The van der Waals surface area contributed by atoms with Crippen LogP contribution in [0.2, 0.25) is 0 Å². The minimum absolute atomic E-state index is 0.104. The first kappa shape index (κ1) is 19.0. The number of nitro benzene ring substituents is 1. The van der Waals surface area contributed by atoms with Gasteiger partial charge in [0.25, 0.3) is 5.69 Å². The van der Waals surface area contributed by atoms with Gasteiger partial charge < -0.3 is 5.73 Å². The summed E-state index contributed by atoms with van der Waals surface area (Å²) in [6, 6.07) is 19.8. The second-order valence-corrected chi connectivity index (χ2v) is 7.87. The monoisotopic (exact) mass is 429 g/mol. The number of aromatic nitrogens is 3. The van der Waals surface area contributed by atoms with Gasteiger partial charge in [0.1, 0.15) is 5.65 Å². The Morgan fingerprint density at radius 1 is 1.03 bits per heavy atom. The number of carbonyl (C=O) groups is 1. The molecule has 31 heavy (non-hydrogen) atoms. The van der Waals surface area contributed by atoms with Gasteiger partial charge in [-0.15, -0.1) is 0 Å². The van der Waals surface area contributed by atoms with E-state index in [1.807, 2.05) is 52.9 Å². The van der Waals surface area contributed by atoms with E-state index in [4.69, 9.17) is 15.7 Å². The van der Waals surface area contributed by atoms with Crippen molar-refractivity contribution in [1.82, 2.24) is 14.4 Å². The van der Waals surface area contributed by atoms with Gasteiger partial charge in [-0.2, -0.15) is 0 Å². The number of carbonyl (C=O) groups excluding carboxylic acids is 1. The molecule has 0 saturated heterocycles. The van der Waals surface area contributed by atoms with E-state index in [2.05, 4.69) is 0 Å². The molecule has 3 aromatic carbocycles. The van der Waals surface area contributed by atoms with Crippen molar-refractivity contribution in [2.75, 3.05) is 0 Å². The molecule has 2 aromatic heterocycles. The fourth-order valence-electron chi connectivity index (χ4n) is 3.56. The minimum atomic E-state index is -0.704. The molecule has 2 heterocycles. The second kappa shape index (κ2) is 7.37. The molecule has 0 aliphatic carbocycles. The number of benzene rings is 3. The van der Waals surface area contributed by atoms with Gasteiger partial charge in [0.05, 0.1) is 21.5 Å². The van der Waals surface area contributed by atoms with Gasteiger partial charge in [-0.05, 0) is 30.3 Å². The number of para-hydroxylation sites is 3. The van der Waals surface area contributed by atoms with Crippen LogP contribution >= 0.6 is 11.8 Å². The van der Waals surface area contributed by atoms with Gasteiger partial charge in [-0.1, -0.05) is 42.1 Å². The summed E-state index contributed by atoms with van der Waals surface area (Å²) in [5, 5.41) is 13.1. The number of amides is 1. The van der Waals surface area contributed by atoms with Crippen molar-refractivity contribution in [3.63, 3.8) is 0 Å². The molecule has 8 nitrogen and oxygen atoms in total. The first-order valence-corrected chi connectivity index (χ1v) is 10.4. The molecule has 0 aliphatic heterocycles. The Morgan fingerprint density at radius 3 is 2.55 bits per heavy atom. The third-order valence-electron chi connectivity index (χ3n) is 5.04. The number of imidazole rings is 1. The summed E-state index contributed by atoms with van der Waals surface area (Å²) in [5.74, 6) is -0.410. The Bertz CT molecular complexity index is 1510. The number of primary amides is 1. The zero-order valence-corrected chi connectivity index (χ0v) is 16.9. The lowest BCUT2D eigenvalue weighted by atomic mass is 10.1. The Labute approximate surface area is 179 Å². The van der Waals surface area contributed by atoms with E-state index in [1.165, 1.54) is 23.9 Å². The van der Waals surface area contributed by atoms with Crippen LogP contribution in [0.5, 0.6) is 0 Å². The maximum Gasteiger partial charge on any atom is 0.274 e. The van der Waals surface area contributed by atoms with E-state index in [0.29, 0.717) is 16.5 Å². The quantitative estimate of drug-likeness (QED) is 0.192. The number of nitrogens with two attached hydrogens (primary N) is 1. The summed E-state index contributed by atoms with van der Waals surface area (Å²) >= 11 is 1.37. The van der Waals surface area contributed by atoms with Crippen molar-refractivity contribution in [2.24, 2.45) is 5.73 Å². The summed E-state index contributed by atoms with van der Waals surface area (Å²) in [6.45, 7) is 0. The molecular weight excluding hydrogens is 414 g/mol. The van der Waals surface area contributed by atoms with Gasteiger partial charge in [-0.3, -0.25) is 19.3 Å². The lowest BCUT2D eigenvalue weighted by Crippen LogP contribution is -2.11. The Balaban J connectivity index is 1.64. The summed E-state index contributed by atoms with van der Waals surface area (Å²) in [4.78, 5) is 32.0. The van der Waals surface area contributed by atoms with E-state index in [-0.39, 0.29) is 11.3 Å². The smallest absolute Gasteiger partial charge is 0.274 e. The highest BCUT2D eigenvalue weighted by Gasteiger charge is 2.19. The largest absolute Gasteiger partial charge is 0.366 e. The van der Waals surface area contributed by atoms with Gasteiger partial charge >= 0.3 is 0 Å². The van der Waals surface area contributed by atoms with Crippen LogP contribution < -0.4 is 5.73 Å². The molecule has 152 valence electrons. The zero-order valence-electron chi connectivity index (χ0n) is 16.1. The minimum Gasteiger partial charge on any atom is -0.366 e. The highest BCUT2D eigenvalue weighted by atomic mass is 32.2. The average Bonchev–Trinajstić information content (AvgIpc) is 3.17.